The Hall–Kier alpha value is -0.280. The summed E-state index contributed by atoms with van der Waals surface area (Å²) in [5.41, 5.74) is 1.19. The maximum Gasteiger partial charge on any atom is 0.140 e. The molecule has 0 aliphatic heterocycles. The lowest BCUT2D eigenvalue weighted by molar-refractivity contribution is 0.835. The molecule has 1 N–H and O–H groups in total. The van der Waals surface area contributed by atoms with Crippen LogP contribution < -0.4 is 5.32 Å². The highest BCUT2D eigenvalue weighted by atomic mass is 79.9. The van der Waals surface area contributed by atoms with Crippen LogP contribution in [0.1, 0.15) is 18.4 Å². The van der Waals surface area contributed by atoms with Gasteiger partial charge in [0.25, 0.3) is 0 Å². The van der Waals surface area contributed by atoms with E-state index in [1.54, 1.807) is 0 Å². The summed E-state index contributed by atoms with van der Waals surface area (Å²) in [6.07, 6.45) is 3.92. The third-order valence-electron chi connectivity index (χ3n) is 1.94. The average molecular weight is 278 g/mol. The van der Waals surface area contributed by atoms with Crippen LogP contribution in [0.5, 0.6) is 0 Å². The van der Waals surface area contributed by atoms with Gasteiger partial charge in [0.1, 0.15) is 5.82 Å². The second-order valence-electron chi connectivity index (χ2n) is 3.11. The number of hydrogen-bond donors (Lipinski definition) is 1. The van der Waals surface area contributed by atoms with E-state index in [4.69, 9.17) is 11.6 Å². The molecule has 1 heterocycles. The Bertz CT molecular complexity index is 291. The molecule has 0 aliphatic carbocycles. The second-order valence-corrected chi connectivity index (χ2v) is 4.28. The van der Waals surface area contributed by atoms with Gasteiger partial charge in [-0.3, -0.25) is 0 Å². The standard InChI is InChI=1S/C10H14BrClN2/c1-8-4-7-14-10(9(8)11)13-6-3-2-5-12/h4,7H,2-3,5-6H2,1H3,(H,13,14). The fraction of sp³-hybridized carbons (Fsp3) is 0.500. The average Bonchev–Trinajstić information content (AvgIpc) is 2.19. The van der Waals surface area contributed by atoms with E-state index in [1.807, 2.05) is 12.3 Å². The first kappa shape index (κ1) is 11.8. The molecule has 0 atom stereocenters. The summed E-state index contributed by atoms with van der Waals surface area (Å²) in [5, 5.41) is 3.27. The number of anilines is 1. The SMILES string of the molecule is Cc1ccnc(NCCCCCl)c1Br. The predicted octanol–water partition coefficient (Wildman–Crippen LogP) is 3.58. The first-order valence-electron chi connectivity index (χ1n) is 4.66. The first-order chi connectivity index (χ1) is 6.75. The molecule has 2 nitrogen and oxygen atoms in total. The fourth-order valence-corrected chi connectivity index (χ4v) is 1.65. The van der Waals surface area contributed by atoms with Crippen LogP contribution in [0.25, 0.3) is 0 Å². The highest BCUT2D eigenvalue weighted by molar-refractivity contribution is 9.10. The lowest BCUT2D eigenvalue weighted by Crippen LogP contribution is -2.04. The predicted molar refractivity (Wildman–Crippen MR) is 65.1 cm³/mol. The zero-order chi connectivity index (χ0) is 10.4. The summed E-state index contributed by atoms with van der Waals surface area (Å²) < 4.78 is 1.05. The zero-order valence-electron chi connectivity index (χ0n) is 8.19. The second kappa shape index (κ2) is 6.25. The van der Waals surface area contributed by atoms with Gasteiger partial charge < -0.3 is 5.32 Å². The lowest BCUT2D eigenvalue weighted by atomic mass is 10.3. The maximum atomic E-state index is 5.59. The third kappa shape index (κ3) is 3.46. The molecule has 0 aliphatic rings. The van der Waals surface area contributed by atoms with Crippen LogP contribution >= 0.6 is 27.5 Å². The number of unbranched alkanes of at least 4 members (excludes halogenated alkanes) is 1. The monoisotopic (exact) mass is 276 g/mol. The van der Waals surface area contributed by atoms with Gasteiger partial charge in [0.15, 0.2) is 0 Å². The molecule has 4 heteroatoms. The number of aryl methyl sites for hydroxylation is 1. The van der Waals surface area contributed by atoms with Crippen molar-refractivity contribution in [2.24, 2.45) is 0 Å². The van der Waals surface area contributed by atoms with Crippen LogP contribution in [0, 0.1) is 6.92 Å². The number of hydrogen-bond acceptors (Lipinski definition) is 2. The van der Waals surface area contributed by atoms with Gasteiger partial charge in [-0.1, -0.05) is 0 Å². The van der Waals surface area contributed by atoms with E-state index in [0.29, 0.717) is 0 Å². The Kier molecular flexibility index (Phi) is 5.26. The van der Waals surface area contributed by atoms with Gasteiger partial charge in [0, 0.05) is 18.6 Å². The topological polar surface area (TPSA) is 24.9 Å². The molecule has 1 aromatic rings. The molecule has 0 spiro atoms. The highest BCUT2D eigenvalue weighted by Gasteiger charge is 2.01. The van der Waals surface area contributed by atoms with Crippen molar-refractivity contribution in [3.05, 3.63) is 22.3 Å². The molecule has 0 saturated heterocycles. The number of pyridine rings is 1. The fourth-order valence-electron chi connectivity index (χ4n) is 1.09. The minimum atomic E-state index is 0.726. The summed E-state index contributed by atoms with van der Waals surface area (Å²) in [6.45, 7) is 2.97. The molecule has 0 bridgehead atoms. The van der Waals surface area contributed by atoms with Gasteiger partial charge in [-0.25, -0.2) is 4.98 Å². The van der Waals surface area contributed by atoms with Crippen molar-refractivity contribution in [2.45, 2.75) is 19.8 Å². The van der Waals surface area contributed by atoms with Crippen LogP contribution in [0.2, 0.25) is 0 Å². The summed E-state index contributed by atoms with van der Waals surface area (Å²) >= 11 is 9.09. The molecule has 0 fully saturated rings. The number of nitrogens with zero attached hydrogens (tertiary/aromatic N) is 1. The Balaban J connectivity index is 2.46. The Morgan fingerprint density at radius 2 is 2.29 bits per heavy atom. The van der Waals surface area contributed by atoms with E-state index in [1.165, 1.54) is 5.56 Å². The summed E-state index contributed by atoms with van der Waals surface area (Å²) in [6, 6.07) is 1.98. The van der Waals surface area contributed by atoms with Crippen LogP contribution in [-0.4, -0.2) is 17.4 Å². The molecule has 0 amide bonds. The number of halogens is 2. The van der Waals surface area contributed by atoms with Crippen molar-refractivity contribution in [1.82, 2.24) is 4.98 Å². The molecule has 0 aromatic carbocycles. The molecule has 0 radical (unpaired) electrons. The van der Waals surface area contributed by atoms with E-state index in [0.717, 1.165) is 35.6 Å². The zero-order valence-corrected chi connectivity index (χ0v) is 10.5. The van der Waals surface area contributed by atoms with Gasteiger partial charge in [0.05, 0.1) is 4.47 Å². The maximum absolute atomic E-state index is 5.59. The van der Waals surface area contributed by atoms with Gasteiger partial charge in [0.2, 0.25) is 0 Å². The summed E-state index contributed by atoms with van der Waals surface area (Å²) in [5.74, 6) is 1.64. The Morgan fingerprint density at radius 3 is 3.00 bits per heavy atom. The third-order valence-corrected chi connectivity index (χ3v) is 3.20. The molecule has 78 valence electrons. The van der Waals surface area contributed by atoms with E-state index in [-0.39, 0.29) is 0 Å². The van der Waals surface area contributed by atoms with E-state index < -0.39 is 0 Å². The van der Waals surface area contributed by atoms with Crippen molar-refractivity contribution in [2.75, 3.05) is 17.7 Å². The van der Waals surface area contributed by atoms with Crippen LogP contribution in [0.15, 0.2) is 16.7 Å². The van der Waals surface area contributed by atoms with Crippen molar-refractivity contribution in [3.8, 4) is 0 Å². The number of aromatic nitrogens is 1. The molecule has 1 aromatic heterocycles. The summed E-state index contributed by atoms with van der Waals surface area (Å²) in [4.78, 5) is 4.25. The normalized spacial score (nSPS) is 10.2. The molecule has 14 heavy (non-hydrogen) atoms. The molecular formula is C10H14BrClN2. The smallest absolute Gasteiger partial charge is 0.140 e. The van der Waals surface area contributed by atoms with Crippen molar-refractivity contribution < 1.29 is 0 Å². The van der Waals surface area contributed by atoms with E-state index in [9.17, 15) is 0 Å². The van der Waals surface area contributed by atoms with Gasteiger partial charge in [-0.2, -0.15) is 0 Å². The van der Waals surface area contributed by atoms with Gasteiger partial charge in [-0.15, -0.1) is 11.6 Å². The highest BCUT2D eigenvalue weighted by Crippen LogP contribution is 2.22. The van der Waals surface area contributed by atoms with Crippen LogP contribution in [-0.2, 0) is 0 Å². The number of alkyl halides is 1. The number of rotatable bonds is 5. The molecular weight excluding hydrogens is 263 g/mol. The van der Waals surface area contributed by atoms with Crippen molar-refractivity contribution in [1.29, 1.82) is 0 Å². The van der Waals surface area contributed by atoms with Crippen molar-refractivity contribution in [3.63, 3.8) is 0 Å². The number of nitrogens with one attached hydrogen (secondary N) is 1. The van der Waals surface area contributed by atoms with Gasteiger partial charge >= 0.3 is 0 Å². The largest absolute Gasteiger partial charge is 0.369 e. The van der Waals surface area contributed by atoms with Crippen LogP contribution in [0.3, 0.4) is 0 Å². The quantitative estimate of drug-likeness (QED) is 0.657. The van der Waals surface area contributed by atoms with Crippen LogP contribution in [0.4, 0.5) is 5.82 Å². The summed E-state index contributed by atoms with van der Waals surface area (Å²) in [7, 11) is 0. The molecule has 1 rings (SSSR count). The minimum absolute atomic E-state index is 0.726. The lowest BCUT2D eigenvalue weighted by Gasteiger charge is -2.08. The Morgan fingerprint density at radius 1 is 1.50 bits per heavy atom. The van der Waals surface area contributed by atoms with E-state index in [2.05, 4.69) is 33.2 Å². The first-order valence-corrected chi connectivity index (χ1v) is 5.99. The minimum Gasteiger partial charge on any atom is -0.369 e. The van der Waals surface area contributed by atoms with E-state index >= 15 is 0 Å². The van der Waals surface area contributed by atoms with Crippen molar-refractivity contribution >= 4 is 33.3 Å². The molecule has 0 unspecified atom stereocenters. The molecule has 0 saturated carbocycles. The Labute approximate surface area is 98.2 Å². The van der Waals surface area contributed by atoms with Gasteiger partial charge in [-0.05, 0) is 47.3 Å².